The third-order valence-corrected chi connectivity index (χ3v) is 11.2. The number of rotatable bonds is 17. The molecule has 0 saturated carbocycles. The van der Waals surface area contributed by atoms with Gasteiger partial charge in [-0.1, -0.05) is 35.3 Å². The van der Waals surface area contributed by atoms with Gasteiger partial charge in [-0.3, -0.25) is 29.1 Å². The Labute approximate surface area is 361 Å². The predicted molar refractivity (Wildman–Crippen MR) is 235 cm³/mol. The number of hydrogen-bond acceptors (Lipinski definition) is 11. The SMILES string of the molecule is CC(=O)c1ccc(-c2ccc(OCCN)c(Cl)c2)s1.CC(=O)c1ccc(-c2ccc(OCCNC(=O)CCc3cccnc3)c(Cl)c2)s1.O=C(O)CCc1cccnc1. The number of thiophene rings is 2. The Morgan fingerprint density at radius 1 is 0.695 bits per heavy atom. The molecule has 308 valence electrons. The minimum atomic E-state index is -0.770. The van der Waals surface area contributed by atoms with Crippen molar-refractivity contribution in [1.29, 1.82) is 0 Å². The summed E-state index contributed by atoms with van der Waals surface area (Å²) >= 11 is 15.4. The van der Waals surface area contributed by atoms with Crippen LogP contribution in [-0.4, -0.2) is 64.8 Å². The Morgan fingerprint density at radius 2 is 1.19 bits per heavy atom. The van der Waals surface area contributed by atoms with E-state index in [1.807, 2.05) is 72.8 Å². The summed E-state index contributed by atoms with van der Waals surface area (Å²) in [4.78, 5) is 56.2. The Kier molecular flexibility index (Phi) is 19.2. The minimum Gasteiger partial charge on any atom is -0.491 e. The van der Waals surface area contributed by atoms with Crippen molar-refractivity contribution in [3.8, 4) is 32.4 Å². The summed E-state index contributed by atoms with van der Waals surface area (Å²) in [5, 5.41) is 12.2. The van der Waals surface area contributed by atoms with Gasteiger partial charge in [0.25, 0.3) is 0 Å². The summed E-state index contributed by atoms with van der Waals surface area (Å²) in [5.74, 6) is 0.509. The van der Waals surface area contributed by atoms with E-state index in [1.54, 1.807) is 50.8 Å². The molecule has 6 aromatic rings. The summed E-state index contributed by atoms with van der Waals surface area (Å²) in [6, 6.07) is 26.1. The number of carboxylic acid groups (broad SMARTS) is 1. The number of ether oxygens (including phenoxy) is 2. The second kappa shape index (κ2) is 24.5. The highest BCUT2D eigenvalue weighted by Crippen LogP contribution is 2.35. The van der Waals surface area contributed by atoms with Crippen LogP contribution in [0.15, 0.2) is 110 Å². The quantitative estimate of drug-likeness (QED) is 0.0592. The van der Waals surface area contributed by atoms with Crippen LogP contribution < -0.4 is 20.5 Å². The molecule has 4 aromatic heterocycles. The molecule has 0 fully saturated rings. The number of ketones is 2. The van der Waals surface area contributed by atoms with Crippen molar-refractivity contribution >= 4 is 69.3 Å². The van der Waals surface area contributed by atoms with Gasteiger partial charge in [-0.25, -0.2) is 0 Å². The molecule has 0 atom stereocenters. The first-order chi connectivity index (χ1) is 28.4. The zero-order valence-electron chi connectivity index (χ0n) is 32.5. The number of aromatic nitrogens is 2. The molecule has 0 unspecified atom stereocenters. The molecular formula is C44H44Cl2N4O7S2. The first-order valence-corrected chi connectivity index (χ1v) is 20.9. The molecule has 15 heteroatoms. The maximum atomic E-state index is 11.9. The van der Waals surface area contributed by atoms with E-state index in [9.17, 15) is 19.2 Å². The van der Waals surface area contributed by atoms with Gasteiger partial charge in [-0.05, 0) is 122 Å². The normalized spacial score (nSPS) is 10.3. The predicted octanol–water partition coefficient (Wildman–Crippen LogP) is 9.50. The number of aryl methyl sites for hydroxylation is 2. The lowest BCUT2D eigenvalue weighted by atomic mass is 10.1. The molecule has 4 heterocycles. The second-order valence-corrected chi connectivity index (χ2v) is 15.7. The van der Waals surface area contributed by atoms with Crippen molar-refractivity contribution in [2.45, 2.75) is 39.5 Å². The molecule has 2 aromatic carbocycles. The fourth-order valence-corrected chi connectivity index (χ4v) is 7.38. The van der Waals surface area contributed by atoms with E-state index >= 15 is 0 Å². The number of pyridine rings is 2. The number of hydrogen-bond donors (Lipinski definition) is 3. The number of nitrogens with two attached hydrogens (primary N) is 1. The van der Waals surface area contributed by atoms with Crippen LogP contribution in [-0.2, 0) is 22.4 Å². The zero-order valence-corrected chi connectivity index (χ0v) is 35.6. The fourth-order valence-electron chi connectivity index (χ4n) is 5.12. The number of Topliss-reactive ketones (excluding diaryl/α,β-unsaturated/α-hetero) is 2. The molecule has 1 amide bonds. The number of halogens is 2. The maximum Gasteiger partial charge on any atom is 0.303 e. The van der Waals surface area contributed by atoms with E-state index < -0.39 is 5.97 Å². The number of carbonyl (C=O) groups is 4. The van der Waals surface area contributed by atoms with Crippen molar-refractivity contribution in [3.05, 3.63) is 141 Å². The number of nitrogens with zero attached hydrogens (tertiary/aromatic N) is 2. The minimum absolute atomic E-state index is 0.0298. The van der Waals surface area contributed by atoms with Crippen molar-refractivity contribution < 1.29 is 33.8 Å². The van der Waals surface area contributed by atoms with Gasteiger partial charge in [0.2, 0.25) is 5.91 Å². The molecule has 4 N–H and O–H groups in total. The average Bonchev–Trinajstić information content (AvgIpc) is 3.94. The van der Waals surface area contributed by atoms with E-state index in [1.165, 1.54) is 22.7 Å². The van der Waals surface area contributed by atoms with Crippen molar-refractivity contribution in [2.75, 3.05) is 26.3 Å². The van der Waals surface area contributed by atoms with Gasteiger partial charge in [0, 0.05) is 53.9 Å². The summed E-state index contributed by atoms with van der Waals surface area (Å²) in [7, 11) is 0. The topological polar surface area (TPSA) is 171 Å². The van der Waals surface area contributed by atoms with Crippen LogP contribution in [0.2, 0.25) is 10.0 Å². The van der Waals surface area contributed by atoms with Gasteiger partial charge in [0.1, 0.15) is 24.7 Å². The third-order valence-electron chi connectivity index (χ3n) is 8.11. The standard InChI is InChI=1S/C22H21ClN2O3S.C14H14ClNO2S.C8H9NO2/c1-15(26)20-7-8-21(29-20)17-5-6-19(18(23)13-17)28-12-11-25-22(27)9-4-16-3-2-10-24-14-16;1-9(17)13-4-5-14(19-13)10-2-3-12(11(15)8-10)18-7-6-16;10-8(11)4-3-7-2-1-5-9-6-7/h2-3,5-8,10,13-14H,4,9,11-12H2,1H3,(H,25,27);2-5,8H,6-7,16H2,1H3;1-2,5-6H,3-4H2,(H,10,11). The second-order valence-electron chi connectivity index (χ2n) is 12.7. The first-order valence-electron chi connectivity index (χ1n) is 18.5. The largest absolute Gasteiger partial charge is 0.491 e. The van der Waals surface area contributed by atoms with E-state index in [4.69, 9.17) is 43.5 Å². The van der Waals surface area contributed by atoms with Crippen LogP contribution in [0, 0.1) is 0 Å². The molecule has 0 radical (unpaired) electrons. The number of aliphatic carboxylic acids is 1. The highest BCUT2D eigenvalue weighted by atomic mass is 35.5. The van der Waals surface area contributed by atoms with Crippen molar-refractivity contribution in [1.82, 2.24) is 15.3 Å². The molecule has 0 aliphatic rings. The van der Waals surface area contributed by atoms with Gasteiger partial charge in [0.15, 0.2) is 11.6 Å². The Hall–Kier alpha value is -5.44. The summed E-state index contributed by atoms with van der Waals surface area (Å²) in [6.45, 7) is 4.73. The van der Waals surface area contributed by atoms with Gasteiger partial charge < -0.3 is 25.6 Å². The van der Waals surface area contributed by atoms with Crippen LogP contribution in [0.4, 0.5) is 0 Å². The number of carboxylic acids is 1. The number of benzene rings is 2. The smallest absolute Gasteiger partial charge is 0.303 e. The molecule has 6 rings (SSSR count). The van der Waals surface area contributed by atoms with Gasteiger partial charge in [0.05, 0.1) is 26.3 Å². The monoisotopic (exact) mass is 874 g/mol. The Bertz CT molecular complexity index is 2290. The third kappa shape index (κ3) is 16.0. The van der Waals surface area contributed by atoms with Gasteiger partial charge in [-0.2, -0.15) is 0 Å². The van der Waals surface area contributed by atoms with Crippen LogP contribution >= 0.6 is 45.9 Å². The maximum absolute atomic E-state index is 11.9. The van der Waals surface area contributed by atoms with Gasteiger partial charge >= 0.3 is 5.97 Å². The molecular weight excluding hydrogens is 832 g/mol. The molecule has 0 bridgehead atoms. The summed E-state index contributed by atoms with van der Waals surface area (Å²) in [5.41, 5.74) is 9.29. The molecule has 0 aliphatic carbocycles. The van der Waals surface area contributed by atoms with Crippen molar-refractivity contribution in [2.24, 2.45) is 5.73 Å². The molecule has 11 nitrogen and oxygen atoms in total. The highest BCUT2D eigenvalue weighted by molar-refractivity contribution is 7.17. The number of nitrogens with one attached hydrogen (secondary N) is 1. The van der Waals surface area contributed by atoms with E-state index in [2.05, 4.69) is 15.3 Å². The van der Waals surface area contributed by atoms with E-state index in [-0.39, 0.29) is 23.9 Å². The van der Waals surface area contributed by atoms with E-state index in [0.717, 1.165) is 41.8 Å². The highest BCUT2D eigenvalue weighted by Gasteiger charge is 2.11. The van der Waals surface area contributed by atoms with Crippen molar-refractivity contribution in [3.63, 3.8) is 0 Å². The lowest BCUT2D eigenvalue weighted by Gasteiger charge is -2.10. The number of carbonyl (C=O) groups excluding carboxylic acids is 3. The lowest BCUT2D eigenvalue weighted by Crippen LogP contribution is -2.28. The van der Waals surface area contributed by atoms with Crippen LogP contribution in [0.1, 0.15) is 57.2 Å². The van der Waals surface area contributed by atoms with Gasteiger partial charge in [-0.15, -0.1) is 22.7 Å². The van der Waals surface area contributed by atoms with Crippen LogP contribution in [0.3, 0.4) is 0 Å². The Morgan fingerprint density at radius 3 is 1.59 bits per heavy atom. The fraction of sp³-hybridized carbons (Fsp3) is 0.227. The zero-order chi connectivity index (χ0) is 42.6. The summed E-state index contributed by atoms with van der Waals surface area (Å²) < 4.78 is 11.1. The molecule has 0 aliphatic heterocycles. The Balaban J connectivity index is 0.000000219. The molecule has 0 spiro atoms. The van der Waals surface area contributed by atoms with E-state index in [0.29, 0.717) is 67.1 Å². The molecule has 59 heavy (non-hydrogen) atoms. The summed E-state index contributed by atoms with van der Waals surface area (Å²) in [6.07, 6.45) is 8.62. The first kappa shape index (κ1) is 46.3. The lowest BCUT2D eigenvalue weighted by molar-refractivity contribution is -0.137. The molecule has 0 saturated heterocycles. The number of amides is 1. The van der Waals surface area contributed by atoms with Crippen LogP contribution in [0.5, 0.6) is 11.5 Å². The van der Waals surface area contributed by atoms with Crippen LogP contribution in [0.25, 0.3) is 20.9 Å². The average molecular weight is 876 g/mol.